The molecule has 2 aromatic rings. The molecule has 2 bridgehead atoms. The molecule has 1 saturated carbocycles. The number of methoxy groups -OCH3 is 1. The summed E-state index contributed by atoms with van der Waals surface area (Å²) in [5.74, 6) is -1.32. The van der Waals surface area contributed by atoms with Crippen LogP contribution in [0.15, 0.2) is 49.0 Å². The molecule has 0 aromatic heterocycles. The maximum atomic E-state index is 13.6. The Balaban J connectivity index is 1.68. The van der Waals surface area contributed by atoms with Gasteiger partial charge in [-0.05, 0) is 46.9 Å². The van der Waals surface area contributed by atoms with Gasteiger partial charge in [-0.15, -0.1) is 0 Å². The van der Waals surface area contributed by atoms with Crippen molar-refractivity contribution >= 4 is 17.2 Å². The number of amides is 1. The van der Waals surface area contributed by atoms with Crippen LogP contribution in [0, 0.1) is 0 Å². The second kappa shape index (κ2) is 4.27. The Morgan fingerprint density at radius 1 is 1.21 bits per heavy atom. The van der Waals surface area contributed by atoms with Crippen molar-refractivity contribution in [3.05, 3.63) is 65.7 Å². The number of rotatable bonds is 1. The van der Waals surface area contributed by atoms with Crippen LogP contribution in [-0.2, 0) is 15.7 Å². The molecule has 3 aliphatic carbocycles. The number of anilines is 1. The van der Waals surface area contributed by atoms with Crippen LogP contribution < -0.4 is 15.0 Å². The standard InChI is InChI=1S/C21H15F3N2O2/c1-11-13-5-3-4-6-14(13)19-10-18(11)15-9-12(28-2)7-8-16(15)26(21(18,19)25-19)17(27)20(22,23)24/h3-9,25H,1,10H2,2H3/t18-,19-,21+/m0/s1. The summed E-state index contributed by atoms with van der Waals surface area (Å²) in [5.41, 5.74) is 0.859. The minimum atomic E-state index is -4.98. The molecule has 2 fully saturated rings. The second-order valence-corrected chi connectivity index (χ2v) is 7.87. The van der Waals surface area contributed by atoms with Gasteiger partial charge >= 0.3 is 12.1 Å². The zero-order valence-electron chi connectivity index (χ0n) is 14.9. The molecule has 1 N–H and O–H groups in total. The van der Waals surface area contributed by atoms with Gasteiger partial charge in [-0.1, -0.05) is 30.8 Å². The van der Waals surface area contributed by atoms with Crippen molar-refractivity contribution < 1.29 is 22.7 Å². The fraction of sp³-hybridized carbons (Fsp3) is 0.286. The van der Waals surface area contributed by atoms with Gasteiger partial charge in [0.15, 0.2) is 0 Å². The van der Waals surface area contributed by atoms with Gasteiger partial charge in [0.25, 0.3) is 0 Å². The third kappa shape index (κ3) is 1.32. The topological polar surface area (TPSA) is 51.5 Å². The van der Waals surface area contributed by atoms with Crippen molar-refractivity contribution in [2.45, 2.75) is 29.2 Å². The average Bonchev–Trinajstić information content (AvgIpc) is 3.16. The second-order valence-electron chi connectivity index (χ2n) is 7.87. The number of nitrogens with one attached hydrogen (secondary N) is 1. The fourth-order valence-corrected chi connectivity index (χ4v) is 6.01. The lowest BCUT2D eigenvalue weighted by molar-refractivity contribution is -0.171. The number of ether oxygens (including phenoxy) is 1. The van der Waals surface area contributed by atoms with E-state index in [1.165, 1.54) is 7.11 Å². The molecule has 2 aliphatic heterocycles. The first-order valence-corrected chi connectivity index (χ1v) is 8.93. The monoisotopic (exact) mass is 384 g/mol. The lowest BCUT2D eigenvalue weighted by atomic mass is 9.46. The van der Waals surface area contributed by atoms with E-state index >= 15 is 0 Å². The lowest BCUT2D eigenvalue weighted by Gasteiger charge is -2.56. The number of carbonyl (C=O) groups is 1. The van der Waals surface area contributed by atoms with Gasteiger partial charge in [0, 0.05) is 0 Å². The van der Waals surface area contributed by atoms with Crippen molar-refractivity contribution in [1.29, 1.82) is 0 Å². The molecule has 4 nitrogen and oxygen atoms in total. The van der Waals surface area contributed by atoms with Gasteiger partial charge in [-0.2, -0.15) is 13.2 Å². The highest BCUT2D eigenvalue weighted by molar-refractivity contribution is 6.09. The summed E-state index contributed by atoms with van der Waals surface area (Å²) in [4.78, 5) is 13.5. The maximum Gasteiger partial charge on any atom is 0.471 e. The first kappa shape index (κ1) is 16.2. The SMILES string of the molecule is C=C1c2ccccc2[C@@]23C[C@@]14c1cc(OC)ccc1N(C(=O)C(F)(F)F)[C@@]24N3. The largest absolute Gasteiger partial charge is 0.497 e. The van der Waals surface area contributed by atoms with Crippen molar-refractivity contribution in [3.63, 3.8) is 0 Å². The summed E-state index contributed by atoms with van der Waals surface area (Å²) in [6, 6.07) is 12.5. The van der Waals surface area contributed by atoms with Gasteiger partial charge in [-0.3, -0.25) is 15.0 Å². The molecule has 3 atom stereocenters. The van der Waals surface area contributed by atoms with E-state index in [2.05, 4.69) is 11.9 Å². The van der Waals surface area contributed by atoms with Gasteiger partial charge in [0.2, 0.25) is 0 Å². The smallest absolute Gasteiger partial charge is 0.471 e. The Morgan fingerprint density at radius 3 is 2.68 bits per heavy atom. The van der Waals surface area contributed by atoms with Crippen LogP contribution in [0.3, 0.4) is 0 Å². The predicted octanol–water partition coefficient (Wildman–Crippen LogP) is 3.47. The number of carbonyl (C=O) groups excluding carboxylic acids is 1. The van der Waals surface area contributed by atoms with E-state index in [-0.39, 0.29) is 5.69 Å². The molecule has 5 aliphatic rings. The van der Waals surface area contributed by atoms with Gasteiger partial charge in [0.05, 0.1) is 23.8 Å². The third-order valence-corrected chi connectivity index (χ3v) is 7.01. The van der Waals surface area contributed by atoms with Crippen LogP contribution >= 0.6 is 0 Å². The summed E-state index contributed by atoms with van der Waals surface area (Å²) in [5, 5.41) is 3.32. The summed E-state index contributed by atoms with van der Waals surface area (Å²) in [6.07, 6.45) is -4.41. The Morgan fingerprint density at radius 2 is 1.96 bits per heavy atom. The molecule has 7 rings (SSSR count). The van der Waals surface area contributed by atoms with Crippen LogP contribution in [0.5, 0.6) is 5.75 Å². The fourth-order valence-electron chi connectivity index (χ4n) is 6.01. The summed E-state index contributed by atoms with van der Waals surface area (Å²) < 4.78 is 46.0. The van der Waals surface area contributed by atoms with Gasteiger partial charge in [-0.25, -0.2) is 0 Å². The van der Waals surface area contributed by atoms with Crippen molar-refractivity contribution in [3.8, 4) is 5.75 Å². The summed E-state index contributed by atoms with van der Waals surface area (Å²) in [7, 11) is 1.51. The zero-order valence-corrected chi connectivity index (χ0v) is 14.9. The van der Waals surface area contributed by atoms with Crippen LogP contribution in [-0.4, -0.2) is 24.9 Å². The Labute approximate surface area is 158 Å². The quantitative estimate of drug-likeness (QED) is 0.766. The molecule has 2 aromatic carbocycles. The number of alkyl halides is 3. The highest BCUT2D eigenvalue weighted by Gasteiger charge is 2.96. The van der Waals surface area contributed by atoms with Crippen molar-refractivity contribution in [1.82, 2.24) is 5.32 Å². The highest BCUT2D eigenvalue weighted by Crippen LogP contribution is 2.84. The van der Waals surface area contributed by atoms with E-state index < -0.39 is 28.7 Å². The number of hydrogen-bond acceptors (Lipinski definition) is 3. The Bertz CT molecular complexity index is 1130. The van der Waals surface area contributed by atoms with Crippen LogP contribution in [0.4, 0.5) is 18.9 Å². The molecule has 28 heavy (non-hydrogen) atoms. The normalized spacial score (nSPS) is 33.3. The minimum absolute atomic E-state index is 0.268. The number of hydrogen-bond donors (Lipinski definition) is 1. The van der Waals surface area contributed by atoms with E-state index in [9.17, 15) is 18.0 Å². The van der Waals surface area contributed by atoms with Crippen LogP contribution in [0.1, 0.15) is 23.1 Å². The molecule has 2 heterocycles. The van der Waals surface area contributed by atoms with Crippen LogP contribution in [0.2, 0.25) is 0 Å². The maximum absolute atomic E-state index is 13.6. The number of fused-ring (bicyclic) bond motifs is 1. The molecule has 0 radical (unpaired) electrons. The Hall–Kier alpha value is -2.80. The molecule has 1 saturated heterocycles. The molecule has 142 valence electrons. The zero-order chi connectivity index (χ0) is 19.7. The van der Waals surface area contributed by atoms with Crippen molar-refractivity contribution in [2.24, 2.45) is 0 Å². The molecule has 7 heteroatoms. The average molecular weight is 384 g/mol. The van der Waals surface area contributed by atoms with Gasteiger partial charge in [0.1, 0.15) is 11.4 Å². The van der Waals surface area contributed by atoms with E-state index in [1.807, 2.05) is 24.3 Å². The lowest BCUT2D eigenvalue weighted by Crippen LogP contribution is -2.67. The van der Waals surface area contributed by atoms with E-state index in [1.54, 1.807) is 18.2 Å². The molecule has 0 unspecified atom stereocenters. The van der Waals surface area contributed by atoms with Crippen LogP contribution in [0.25, 0.3) is 5.57 Å². The highest BCUT2D eigenvalue weighted by atomic mass is 19.4. The number of halogens is 3. The van der Waals surface area contributed by atoms with Gasteiger partial charge < -0.3 is 4.74 Å². The van der Waals surface area contributed by atoms with E-state index in [0.717, 1.165) is 21.6 Å². The molecule has 3 spiro atoms. The van der Waals surface area contributed by atoms with E-state index in [0.29, 0.717) is 17.7 Å². The molecular weight excluding hydrogens is 369 g/mol. The van der Waals surface area contributed by atoms with E-state index in [4.69, 9.17) is 4.74 Å². The number of nitrogens with zero attached hydrogens (tertiary/aromatic N) is 1. The first-order chi connectivity index (χ1) is 13.2. The summed E-state index contributed by atoms with van der Waals surface area (Å²) in [6.45, 7) is 4.29. The molecular formula is C21H15F3N2O2. The Kier molecular flexibility index (Phi) is 2.47. The first-order valence-electron chi connectivity index (χ1n) is 8.93. The predicted molar refractivity (Wildman–Crippen MR) is 95.9 cm³/mol. The minimum Gasteiger partial charge on any atom is -0.497 e. The summed E-state index contributed by atoms with van der Waals surface area (Å²) >= 11 is 0. The number of benzene rings is 2. The van der Waals surface area contributed by atoms with Crippen molar-refractivity contribution in [2.75, 3.05) is 12.0 Å². The molecule has 1 amide bonds. The third-order valence-electron chi connectivity index (χ3n) is 7.01.